The second kappa shape index (κ2) is 5.81. The first-order valence-electron chi connectivity index (χ1n) is 10.5. The van der Waals surface area contributed by atoms with Gasteiger partial charge in [-0.2, -0.15) is 0 Å². The van der Waals surface area contributed by atoms with Crippen LogP contribution in [-0.2, 0) is 0 Å². The van der Waals surface area contributed by atoms with E-state index in [0.717, 1.165) is 0 Å². The Labute approximate surface area is 175 Å². The normalized spacial score (nSPS) is 13.1. The van der Waals surface area contributed by atoms with E-state index in [1.54, 1.807) is 0 Å². The Balaban J connectivity index is 1.38. The molecule has 0 aromatic heterocycles. The predicted molar refractivity (Wildman–Crippen MR) is 130 cm³/mol. The summed E-state index contributed by atoms with van der Waals surface area (Å²) in [6.45, 7) is 0. The highest BCUT2D eigenvalue weighted by Gasteiger charge is 2.14. The van der Waals surface area contributed by atoms with Crippen molar-refractivity contribution in [2.75, 3.05) is 0 Å². The lowest BCUT2D eigenvalue weighted by atomic mass is 9.92. The lowest BCUT2D eigenvalue weighted by Crippen LogP contribution is -1.87. The van der Waals surface area contributed by atoms with E-state index in [-0.39, 0.29) is 0 Å². The van der Waals surface area contributed by atoms with E-state index < -0.39 is 0 Å². The van der Waals surface area contributed by atoms with E-state index in [0.29, 0.717) is 0 Å². The highest BCUT2D eigenvalue weighted by Crippen LogP contribution is 2.40. The van der Waals surface area contributed by atoms with Gasteiger partial charge in [0.25, 0.3) is 0 Å². The first kappa shape index (κ1) is 16.0. The van der Waals surface area contributed by atoms with Crippen molar-refractivity contribution in [1.82, 2.24) is 0 Å². The zero-order valence-electron chi connectivity index (χ0n) is 16.4. The van der Waals surface area contributed by atoms with Gasteiger partial charge in [-0.3, -0.25) is 0 Å². The maximum atomic E-state index is 2.27. The Hall–Kier alpha value is -3.90. The van der Waals surface area contributed by atoms with Gasteiger partial charge >= 0.3 is 0 Å². The topological polar surface area (TPSA) is 0 Å². The van der Waals surface area contributed by atoms with Crippen LogP contribution in [0, 0.1) is 0 Å². The van der Waals surface area contributed by atoms with E-state index >= 15 is 0 Å². The molecule has 0 saturated carbocycles. The number of hydrogen-bond donors (Lipinski definition) is 0. The van der Waals surface area contributed by atoms with Crippen molar-refractivity contribution < 1.29 is 0 Å². The summed E-state index contributed by atoms with van der Waals surface area (Å²) in [4.78, 5) is 0. The van der Waals surface area contributed by atoms with Crippen molar-refractivity contribution in [3.63, 3.8) is 0 Å². The molecular formula is C30H18. The Morgan fingerprint density at radius 2 is 0.733 bits per heavy atom. The second-order valence-corrected chi connectivity index (χ2v) is 8.19. The fourth-order valence-electron chi connectivity index (χ4n) is 5.17. The number of hydrogen-bond acceptors (Lipinski definition) is 0. The maximum absolute atomic E-state index is 2.27. The summed E-state index contributed by atoms with van der Waals surface area (Å²) in [5.74, 6) is 0. The zero-order chi connectivity index (χ0) is 19.7. The molecule has 0 unspecified atom stereocenters. The summed E-state index contributed by atoms with van der Waals surface area (Å²) in [6, 6.07) is 31.3. The lowest BCUT2D eigenvalue weighted by Gasteiger charge is -2.12. The van der Waals surface area contributed by atoms with Crippen LogP contribution >= 0.6 is 0 Å². The van der Waals surface area contributed by atoms with E-state index in [1.807, 2.05) is 0 Å². The molecule has 0 radical (unpaired) electrons. The molecule has 7 rings (SSSR count). The molecule has 0 heterocycles. The monoisotopic (exact) mass is 378 g/mol. The van der Waals surface area contributed by atoms with E-state index in [1.165, 1.54) is 66.1 Å². The summed E-state index contributed by atoms with van der Waals surface area (Å²) in [6.07, 6.45) is 8.87. The van der Waals surface area contributed by atoms with E-state index in [2.05, 4.69) is 109 Å². The van der Waals surface area contributed by atoms with Crippen molar-refractivity contribution >= 4 is 45.8 Å². The third-order valence-electron chi connectivity index (χ3n) is 6.60. The smallest absolute Gasteiger partial charge is 0.00326 e. The second-order valence-electron chi connectivity index (χ2n) is 8.19. The standard InChI is InChI=1S/C30H18/c1-3-21-11-13-23-15-17-25(27(5-1)29(21)23)19-7-9-20(10-8-19)26-18-16-24-14-12-22-4-2-6-28(26)30(22)24/h1-18H. The molecular weight excluding hydrogens is 360 g/mol. The molecule has 0 amide bonds. The lowest BCUT2D eigenvalue weighted by molar-refractivity contribution is 1.62. The molecule has 0 spiro atoms. The molecule has 2 aliphatic rings. The van der Waals surface area contributed by atoms with Crippen LogP contribution in [-0.4, -0.2) is 0 Å². The fourth-order valence-corrected chi connectivity index (χ4v) is 5.17. The molecule has 0 saturated heterocycles. The zero-order valence-corrected chi connectivity index (χ0v) is 16.4. The average molecular weight is 378 g/mol. The molecule has 0 N–H and O–H groups in total. The van der Waals surface area contributed by atoms with Crippen LogP contribution in [0.15, 0.2) is 84.9 Å². The molecule has 0 fully saturated rings. The SMILES string of the molecule is C1=Cc2ccc(-c3ccc(-c4ccc5c6c(cccc46)C=C5)cc3)c3cccc1c23. The minimum Gasteiger partial charge on any atom is -0.0610 e. The fraction of sp³-hybridized carbons (Fsp3) is 0. The van der Waals surface area contributed by atoms with Crippen molar-refractivity contribution in [2.24, 2.45) is 0 Å². The van der Waals surface area contributed by atoms with Gasteiger partial charge in [0.15, 0.2) is 0 Å². The molecule has 2 aliphatic carbocycles. The molecule has 0 bridgehead atoms. The molecule has 138 valence electrons. The molecule has 0 nitrogen and oxygen atoms in total. The van der Waals surface area contributed by atoms with Crippen molar-refractivity contribution in [2.45, 2.75) is 0 Å². The Morgan fingerprint density at radius 3 is 1.17 bits per heavy atom. The van der Waals surface area contributed by atoms with Crippen LogP contribution in [0.1, 0.15) is 22.3 Å². The third kappa shape index (κ3) is 2.11. The highest BCUT2D eigenvalue weighted by molar-refractivity contribution is 6.11. The molecule has 0 aliphatic heterocycles. The van der Waals surface area contributed by atoms with Gasteiger partial charge in [-0.15, -0.1) is 0 Å². The highest BCUT2D eigenvalue weighted by atomic mass is 14.2. The quantitative estimate of drug-likeness (QED) is 0.284. The van der Waals surface area contributed by atoms with Crippen LogP contribution in [0.25, 0.3) is 68.1 Å². The van der Waals surface area contributed by atoms with Gasteiger partial charge in [0, 0.05) is 0 Å². The van der Waals surface area contributed by atoms with Gasteiger partial charge in [0.1, 0.15) is 0 Å². The molecule has 30 heavy (non-hydrogen) atoms. The Kier molecular flexibility index (Phi) is 3.09. The molecule has 5 aromatic carbocycles. The summed E-state index contributed by atoms with van der Waals surface area (Å²) in [7, 11) is 0. The predicted octanol–water partition coefficient (Wildman–Crippen LogP) is 8.29. The maximum Gasteiger partial charge on any atom is -0.00326 e. The van der Waals surface area contributed by atoms with Gasteiger partial charge < -0.3 is 0 Å². The molecule has 5 aromatic rings. The first-order chi connectivity index (χ1) is 14.9. The molecule has 0 heteroatoms. The first-order valence-corrected chi connectivity index (χ1v) is 10.5. The van der Waals surface area contributed by atoms with Crippen LogP contribution in [0.5, 0.6) is 0 Å². The summed E-state index contributed by atoms with van der Waals surface area (Å²) < 4.78 is 0. The largest absolute Gasteiger partial charge is 0.0610 e. The molecule has 0 atom stereocenters. The Morgan fingerprint density at radius 1 is 0.333 bits per heavy atom. The van der Waals surface area contributed by atoms with Crippen LogP contribution in [0.4, 0.5) is 0 Å². The van der Waals surface area contributed by atoms with Crippen LogP contribution in [0.3, 0.4) is 0 Å². The van der Waals surface area contributed by atoms with Crippen LogP contribution in [0.2, 0.25) is 0 Å². The van der Waals surface area contributed by atoms with Crippen molar-refractivity contribution in [1.29, 1.82) is 0 Å². The van der Waals surface area contributed by atoms with Gasteiger partial charge in [0.05, 0.1) is 0 Å². The van der Waals surface area contributed by atoms with E-state index in [9.17, 15) is 0 Å². The van der Waals surface area contributed by atoms with Crippen LogP contribution < -0.4 is 0 Å². The summed E-state index contributed by atoms with van der Waals surface area (Å²) in [5.41, 5.74) is 10.4. The van der Waals surface area contributed by atoms with E-state index in [4.69, 9.17) is 0 Å². The van der Waals surface area contributed by atoms with Gasteiger partial charge in [0.2, 0.25) is 0 Å². The van der Waals surface area contributed by atoms with Gasteiger partial charge in [-0.05, 0) is 66.1 Å². The average Bonchev–Trinajstić information content (AvgIpc) is 3.42. The third-order valence-corrected chi connectivity index (χ3v) is 6.60. The summed E-state index contributed by atoms with van der Waals surface area (Å²) >= 11 is 0. The minimum atomic E-state index is 1.27. The van der Waals surface area contributed by atoms with Crippen molar-refractivity contribution in [3.8, 4) is 22.3 Å². The van der Waals surface area contributed by atoms with Gasteiger partial charge in [-0.1, -0.05) is 109 Å². The number of rotatable bonds is 2. The van der Waals surface area contributed by atoms with Crippen molar-refractivity contribution in [3.05, 3.63) is 107 Å². The number of benzene rings is 5. The Bertz CT molecular complexity index is 1420. The summed E-state index contributed by atoms with van der Waals surface area (Å²) in [5, 5.41) is 5.41. The minimum absolute atomic E-state index is 1.27. The van der Waals surface area contributed by atoms with Gasteiger partial charge in [-0.25, -0.2) is 0 Å².